The molecule has 4 rings (SSSR count). The third kappa shape index (κ3) is 4.59. The molecule has 6 heteroatoms. The summed E-state index contributed by atoms with van der Waals surface area (Å²) in [6, 6.07) is 9.30. The fourth-order valence-corrected chi connectivity index (χ4v) is 5.19. The van der Waals surface area contributed by atoms with Crippen LogP contribution in [0.15, 0.2) is 28.8 Å². The third-order valence-electron chi connectivity index (χ3n) is 6.90. The van der Waals surface area contributed by atoms with E-state index in [2.05, 4.69) is 46.6 Å². The minimum Gasteiger partial charge on any atom is -0.356 e. The van der Waals surface area contributed by atoms with E-state index in [0.29, 0.717) is 12.6 Å². The molecular formula is C24H34N4O2. The topological polar surface area (TPSA) is 71.3 Å². The van der Waals surface area contributed by atoms with Gasteiger partial charge in [0.1, 0.15) is 0 Å². The molecule has 2 heterocycles. The molecule has 0 spiro atoms. The van der Waals surface area contributed by atoms with Crippen molar-refractivity contribution < 1.29 is 9.32 Å². The van der Waals surface area contributed by atoms with Gasteiger partial charge in [0.25, 0.3) is 0 Å². The molecule has 1 unspecified atom stereocenters. The highest BCUT2D eigenvalue weighted by atomic mass is 16.5. The van der Waals surface area contributed by atoms with Gasteiger partial charge >= 0.3 is 0 Å². The number of aryl methyl sites for hydroxylation is 1. The fourth-order valence-electron chi connectivity index (χ4n) is 5.19. The number of nitrogens with one attached hydrogen (secondary N) is 1. The average Bonchev–Trinajstić information content (AvgIpc) is 3.40. The highest BCUT2D eigenvalue weighted by molar-refractivity contribution is 5.72. The molecular weight excluding hydrogens is 376 g/mol. The SMILES string of the molecule is CC(=O)NCCC1CCCCN1Cc1nc(C2(c3ccc(C)cc3)CCCC2)no1. The minimum atomic E-state index is -0.109. The lowest BCUT2D eigenvalue weighted by atomic mass is 9.78. The van der Waals surface area contributed by atoms with Gasteiger partial charge in [0.05, 0.1) is 12.0 Å². The van der Waals surface area contributed by atoms with Gasteiger partial charge < -0.3 is 9.84 Å². The van der Waals surface area contributed by atoms with Crippen molar-refractivity contribution in [3.05, 3.63) is 47.1 Å². The van der Waals surface area contributed by atoms with Crippen LogP contribution in [0.5, 0.6) is 0 Å². The third-order valence-corrected chi connectivity index (χ3v) is 6.90. The van der Waals surface area contributed by atoms with Crippen LogP contribution in [0.1, 0.15) is 81.1 Å². The molecule has 2 aromatic rings. The number of benzene rings is 1. The van der Waals surface area contributed by atoms with E-state index in [1.165, 1.54) is 36.8 Å². The van der Waals surface area contributed by atoms with Crippen molar-refractivity contribution in [1.29, 1.82) is 0 Å². The Morgan fingerprint density at radius 3 is 2.70 bits per heavy atom. The molecule has 1 aromatic heterocycles. The van der Waals surface area contributed by atoms with Crippen molar-refractivity contribution in [3.8, 4) is 0 Å². The number of piperidine rings is 1. The summed E-state index contributed by atoms with van der Waals surface area (Å²) in [6.07, 6.45) is 9.14. The first-order valence-corrected chi connectivity index (χ1v) is 11.5. The molecule has 1 aliphatic carbocycles. The van der Waals surface area contributed by atoms with Gasteiger partial charge in [-0.05, 0) is 51.1 Å². The Morgan fingerprint density at radius 1 is 1.20 bits per heavy atom. The quantitative estimate of drug-likeness (QED) is 0.743. The average molecular weight is 411 g/mol. The number of carbonyl (C=O) groups is 1. The van der Waals surface area contributed by atoms with Crippen LogP contribution in [0.4, 0.5) is 0 Å². The number of likely N-dealkylation sites (tertiary alicyclic amines) is 1. The lowest BCUT2D eigenvalue weighted by Gasteiger charge is -2.34. The Hall–Kier alpha value is -2.21. The number of rotatable bonds is 7. The van der Waals surface area contributed by atoms with Crippen LogP contribution in [0.3, 0.4) is 0 Å². The molecule has 1 amide bonds. The summed E-state index contributed by atoms with van der Waals surface area (Å²) < 4.78 is 5.77. The number of nitrogens with zero attached hydrogens (tertiary/aromatic N) is 3. The highest BCUT2D eigenvalue weighted by Gasteiger charge is 2.41. The summed E-state index contributed by atoms with van der Waals surface area (Å²) in [5.41, 5.74) is 2.47. The van der Waals surface area contributed by atoms with E-state index in [9.17, 15) is 4.79 Å². The first-order valence-electron chi connectivity index (χ1n) is 11.5. The standard InChI is InChI=1S/C24H34N4O2/c1-18-8-10-20(11-9-18)24(13-4-5-14-24)23-26-22(30-27-23)17-28-16-6-3-7-21(28)12-15-25-19(2)29/h8-11,21H,3-7,12-17H2,1-2H3,(H,25,29). The number of carbonyl (C=O) groups excluding carboxylic acids is 1. The van der Waals surface area contributed by atoms with E-state index in [-0.39, 0.29) is 11.3 Å². The van der Waals surface area contributed by atoms with E-state index < -0.39 is 0 Å². The molecule has 0 radical (unpaired) electrons. The van der Waals surface area contributed by atoms with Crippen LogP contribution in [-0.4, -0.2) is 40.1 Å². The largest absolute Gasteiger partial charge is 0.356 e. The Kier molecular flexibility index (Phi) is 6.52. The van der Waals surface area contributed by atoms with Crippen LogP contribution in [-0.2, 0) is 16.8 Å². The van der Waals surface area contributed by atoms with E-state index in [4.69, 9.17) is 9.51 Å². The van der Waals surface area contributed by atoms with Gasteiger partial charge in [0.2, 0.25) is 11.8 Å². The number of amides is 1. The molecule has 1 aromatic carbocycles. The van der Waals surface area contributed by atoms with Crippen molar-refractivity contribution in [2.75, 3.05) is 13.1 Å². The van der Waals surface area contributed by atoms with Gasteiger partial charge in [0.15, 0.2) is 5.82 Å². The number of aromatic nitrogens is 2. The van der Waals surface area contributed by atoms with Crippen LogP contribution < -0.4 is 5.32 Å². The summed E-state index contributed by atoms with van der Waals surface area (Å²) >= 11 is 0. The first-order chi connectivity index (χ1) is 14.6. The molecule has 30 heavy (non-hydrogen) atoms. The summed E-state index contributed by atoms with van der Waals surface area (Å²) in [5, 5.41) is 7.40. The van der Waals surface area contributed by atoms with Crippen molar-refractivity contribution >= 4 is 5.91 Å². The van der Waals surface area contributed by atoms with Gasteiger partial charge in [-0.2, -0.15) is 4.98 Å². The first kappa shape index (κ1) is 21.0. The van der Waals surface area contributed by atoms with Gasteiger partial charge in [-0.3, -0.25) is 9.69 Å². The second-order valence-corrected chi connectivity index (χ2v) is 9.06. The van der Waals surface area contributed by atoms with Crippen LogP contribution in [0.2, 0.25) is 0 Å². The Morgan fingerprint density at radius 2 is 1.97 bits per heavy atom. The predicted molar refractivity (Wildman–Crippen MR) is 116 cm³/mol. The molecule has 1 atom stereocenters. The molecule has 2 fully saturated rings. The van der Waals surface area contributed by atoms with Gasteiger partial charge in [-0.25, -0.2) is 0 Å². The maximum absolute atomic E-state index is 11.2. The molecule has 6 nitrogen and oxygen atoms in total. The monoisotopic (exact) mass is 410 g/mol. The Balaban J connectivity index is 1.48. The maximum atomic E-state index is 11.2. The lowest BCUT2D eigenvalue weighted by molar-refractivity contribution is -0.119. The van der Waals surface area contributed by atoms with Crippen molar-refractivity contribution in [1.82, 2.24) is 20.4 Å². The minimum absolute atomic E-state index is 0.0388. The van der Waals surface area contributed by atoms with Crippen molar-refractivity contribution in [3.63, 3.8) is 0 Å². The molecule has 2 aliphatic rings. The second-order valence-electron chi connectivity index (χ2n) is 9.06. The predicted octanol–water partition coefficient (Wildman–Crippen LogP) is 4.12. The smallest absolute Gasteiger partial charge is 0.240 e. The van der Waals surface area contributed by atoms with Crippen LogP contribution in [0, 0.1) is 6.92 Å². The highest BCUT2D eigenvalue weighted by Crippen LogP contribution is 2.45. The molecule has 1 aliphatic heterocycles. The van der Waals surface area contributed by atoms with Gasteiger partial charge in [-0.1, -0.05) is 54.2 Å². The van der Waals surface area contributed by atoms with E-state index in [1.807, 2.05) is 0 Å². The summed E-state index contributed by atoms with van der Waals surface area (Å²) in [6.45, 7) is 6.17. The molecule has 1 saturated carbocycles. The number of hydrogen-bond acceptors (Lipinski definition) is 5. The Labute approximate surface area is 179 Å². The van der Waals surface area contributed by atoms with E-state index in [0.717, 1.165) is 50.5 Å². The lowest BCUT2D eigenvalue weighted by Crippen LogP contribution is -2.41. The number of hydrogen-bond donors (Lipinski definition) is 1. The molecule has 1 saturated heterocycles. The van der Waals surface area contributed by atoms with E-state index in [1.54, 1.807) is 6.92 Å². The van der Waals surface area contributed by atoms with Crippen molar-refractivity contribution in [2.45, 2.75) is 83.2 Å². The molecule has 162 valence electrons. The fraction of sp³-hybridized carbons (Fsp3) is 0.625. The van der Waals surface area contributed by atoms with Gasteiger partial charge in [-0.15, -0.1) is 0 Å². The second kappa shape index (κ2) is 9.29. The zero-order valence-electron chi connectivity index (χ0n) is 18.3. The summed E-state index contributed by atoms with van der Waals surface area (Å²) in [7, 11) is 0. The zero-order valence-corrected chi connectivity index (χ0v) is 18.3. The zero-order chi connectivity index (χ0) is 21.0. The Bertz CT molecular complexity index is 839. The summed E-state index contributed by atoms with van der Waals surface area (Å²) in [5.74, 6) is 1.61. The summed E-state index contributed by atoms with van der Waals surface area (Å²) in [4.78, 5) is 18.6. The van der Waals surface area contributed by atoms with Crippen molar-refractivity contribution in [2.24, 2.45) is 0 Å². The normalized spacial score (nSPS) is 21.6. The van der Waals surface area contributed by atoms with Crippen LogP contribution in [0.25, 0.3) is 0 Å². The van der Waals surface area contributed by atoms with Crippen LogP contribution >= 0.6 is 0 Å². The molecule has 0 bridgehead atoms. The van der Waals surface area contributed by atoms with Gasteiger partial charge in [0, 0.05) is 19.5 Å². The maximum Gasteiger partial charge on any atom is 0.240 e. The van der Waals surface area contributed by atoms with E-state index >= 15 is 0 Å². The molecule has 1 N–H and O–H groups in total.